The minimum atomic E-state index is 0.207. The van der Waals surface area contributed by atoms with E-state index in [0.717, 1.165) is 59.9 Å². The minimum absolute atomic E-state index is 0.207. The van der Waals surface area contributed by atoms with Gasteiger partial charge in [-0.3, -0.25) is 14.6 Å². The Morgan fingerprint density at radius 2 is 1.95 bits per heavy atom. The molecule has 0 aliphatic carbocycles. The molecule has 5 aromatic heterocycles. The first kappa shape index (κ1) is 23.6. The Labute approximate surface area is 220 Å². The number of anilines is 2. The van der Waals surface area contributed by atoms with Crippen LogP contribution in [0.3, 0.4) is 0 Å². The lowest BCUT2D eigenvalue weighted by Gasteiger charge is -2.40. The zero-order chi connectivity index (χ0) is 26.2. The first-order chi connectivity index (χ1) is 18.5. The molecule has 1 aliphatic heterocycles. The maximum absolute atomic E-state index is 9.80. The van der Waals surface area contributed by atoms with E-state index in [-0.39, 0.29) is 5.82 Å². The highest BCUT2D eigenvalue weighted by Crippen LogP contribution is 2.34. The van der Waals surface area contributed by atoms with Crippen LogP contribution in [0.2, 0.25) is 0 Å². The summed E-state index contributed by atoms with van der Waals surface area (Å²) < 4.78 is 3.44. The van der Waals surface area contributed by atoms with Crippen molar-refractivity contribution in [1.82, 2.24) is 34.3 Å². The highest BCUT2D eigenvalue weighted by molar-refractivity contribution is 5.90. The third-order valence-corrected chi connectivity index (χ3v) is 7.08. The second-order valence-corrected chi connectivity index (χ2v) is 9.71. The number of aryl methyl sites for hydroxylation is 1. The van der Waals surface area contributed by atoms with Gasteiger partial charge in [-0.1, -0.05) is 6.07 Å². The summed E-state index contributed by atoms with van der Waals surface area (Å²) in [6.45, 7) is 5.85. The number of piperazine rings is 1. The lowest BCUT2D eigenvalue weighted by molar-refractivity contribution is 0.218. The summed E-state index contributed by atoms with van der Waals surface area (Å²) in [6, 6.07) is 14.7. The van der Waals surface area contributed by atoms with Crippen molar-refractivity contribution >= 4 is 17.2 Å². The largest absolute Gasteiger partial charge is 0.381 e. The van der Waals surface area contributed by atoms with Gasteiger partial charge in [-0.05, 0) is 37.3 Å². The van der Waals surface area contributed by atoms with E-state index in [0.29, 0.717) is 17.1 Å². The summed E-state index contributed by atoms with van der Waals surface area (Å²) in [4.78, 5) is 14.1. The van der Waals surface area contributed by atoms with Crippen LogP contribution in [0.15, 0.2) is 67.4 Å². The molecule has 1 saturated heterocycles. The number of nitrogen functional groups attached to an aromatic ring is 1. The molecule has 1 atom stereocenters. The van der Waals surface area contributed by atoms with Gasteiger partial charge in [0.05, 0.1) is 17.4 Å². The van der Waals surface area contributed by atoms with E-state index in [2.05, 4.69) is 56.2 Å². The van der Waals surface area contributed by atoms with Crippen LogP contribution in [0, 0.1) is 11.3 Å². The van der Waals surface area contributed by atoms with E-state index < -0.39 is 0 Å². The van der Waals surface area contributed by atoms with E-state index in [4.69, 9.17) is 10.7 Å². The second kappa shape index (κ2) is 9.61. The molecule has 38 heavy (non-hydrogen) atoms. The molecule has 0 bridgehead atoms. The van der Waals surface area contributed by atoms with Crippen molar-refractivity contribution in [3.05, 3.63) is 78.6 Å². The molecule has 10 heteroatoms. The molecule has 6 rings (SSSR count). The number of nitriles is 1. The Bertz CT molecular complexity index is 1630. The van der Waals surface area contributed by atoms with Gasteiger partial charge in [-0.2, -0.15) is 10.4 Å². The van der Waals surface area contributed by atoms with Crippen LogP contribution >= 0.6 is 0 Å². The van der Waals surface area contributed by atoms with E-state index in [1.165, 1.54) is 0 Å². The maximum atomic E-state index is 9.80. The van der Waals surface area contributed by atoms with Gasteiger partial charge in [0.25, 0.3) is 0 Å². The van der Waals surface area contributed by atoms with Crippen molar-refractivity contribution in [2.24, 2.45) is 7.05 Å². The number of fused-ring (bicyclic) bond motifs is 1. The monoisotopic (exact) mass is 504 g/mol. The molecule has 1 fully saturated rings. The molecule has 1 aliphatic rings. The van der Waals surface area contributed by atoms with Gasteiger partial charge in [0, 0.05) is 86.3 Å². The summed E-state index contributed by atoms with van der Waals surface area (Å²) in [5.74, 6) is 1.14. The Morgan fingerprint density at radius 1 is 1.05 bits per heavy atom. The number of hydrogen-bond acceptors (Lipinski definition) is 8. The summed E-state index contributed by atoms with van der Waals surface area (Å²) in [7, 11) is 1.88. The number of pyridine rings is 3. The van der Waals surface area contributed by atoms with Crippen molar-refractivity contribution in [3.8, 4) is 28.3 Å². The maximum Gasteiger partial charge on any atom is 0.164 e. The van der Waals surface area contributed by atoms with Gasteiger partial charge in [0.2, 0.25) is 0 Å². The van der Waals surface area contributed by atoms with Crippen LogP contribution in [0.4, 0.5) is 11.6 Å². The zero-order valence-corrected chi connectivity index (χ0v) is 21.4. The molecule has 0 aromatic carbocycles. The summed E-state index contributed by atoms with van der Waals surface area (Å²) >= 11 is 0. The smallest absolute Gasteiger partial charge is 0.164 e. The van der Waals surface area contributed by atoms with Crippen molar-refractivity contribution in [3.63, 3.8) is 0 Å². The minimum Gasteiger partial charge on any atom is -0.381 e. The lowest BCUT2D eigenvalue weighted by atomic mass is 10.0. The van der Waals surface area contributed by atoms with Gasteiger partial charge >= 0.3 is 0 Å². The number of nitrogens with two attached hydrogens (primary N) is 1. The number of nitrogens with zero attached hydrogens (tertiary/aromatic N) is 9. The fraction of sp³-hybridized carbons (Fsp3) is 0.250. The van der Waals surface area contributed by atoms with Gasteiger partial charge in [-0.15, -0.1) is 5.10 Å². The third-order valence-electron chi connectivity index (χ3n) is 7.08. The molecule has 0 radical (unpaired) electrons. The summed E-state index contributed by atoms with van der Waals surface area (Å²) in [5.41, 5.74) is 11.8. The first-order valence-electron chi connectivity index (χ1n) is 12.6. The Kier molecular flexibility index (Phi) is 5.98. The third kappa shape index (κ3) is 4.33. The molecule has 0 amide bonds. The van der Waals surface area contributed by atoms with Gasteiger partial charge in [0.1, 0.15) is 17.5 Å². The second-order valence-electron chi connectivity index (χ2n) is 9.71. The highest BCUT2D eigenvalue weighted by atomic mass is 15.3. The molecule has 0 spiro atoms. The standard InChI is InChI=1S/C28H28N10/c1-19-15-36(18-23-5-3-4-8-31-23)9-10-37(19)26-7-6-20(13-32-26)24-11-21(22-14-33-35(2)16-22)17-38-27(24)25(12-29)28(30)34-38/h3-8,11,13-14,16-17,19H,9-10,15,18H2,1-2H3,(H2,30,34). The average Bonchev–Trinajstić information content (AvgIpc) is 3.51. The summed E-state index contributed by atoms with van der Waals surface area (Å²) in [6.07, 6.45) is 9.34. The van der Waals surface area contributed by atoms with Gasteiger partial charge < -0.3 is 10.6 Å². The molecular weight excluding hydrogens is 476 g/mol. The van der Waals surface area contributed by atoms with Crippen molar-refractivity contribution < 1.29 is 0 Å². The number of aromatic nitrogens is 6. The quantitative estimate of drug-likeness (QED) is 0.387. The topological polar surface area (TPSA) is 117 Å². The van der Waals surface area contributed by atoms with Crippen LogP contribution in [0.1, 0.15) is 18.2 Å². The van der Waals surface area contributed by atoms with Crippen molar-refractivity contribution in [2.75, 3.05) is 30.3 Å². The molecule has 5 aromatic rings. The van der Waals surface area contributed by atoms with Crippen LogP contribution in [-0.2, 0) is 13.6 Å². The zero-order valence-electron chi connectivity index (χ0n) is 21.4. The Morgan fingerprint density at radius 3 is 2.63 bits per heavy atom. The number of hydrogen-bond donors (Lipinski definition) is 1. The summed E-state index contributed by atoms with van der Waals surface area (Å²) in [5, 5.41) is 18.5. The van der Waals surface area contributed by atoms with E-state index >= 15 is 0 Å². The molecule has 0 saturated carbocycles. The predicted octanol–water partition coefficient (Wildman–Crippen LogP) is 3.36. The van der Waals surface area contributed by atoms with Gasteiger partial charge in [0.15, 0.2) is 5.82 Å². The fourth-order valence-electron chi connectivity index (χ4n) is 5.21. The van der Waals surface area contributed by atoms with Crippen LogP contribution in [-0.4, -0.2) is 59.9 Å². The Balaban J connectivity index is 1.29. The fourth-order valence-corrected chi connectivity index (χ4v) is 5.21. The number of rotatable bonds is 5. The molecule has 6 heterocycles. The normalized spacial score (nSPS) is 16.1. The SMILES string of the molecule is CC1CN(Cc2ccccn2)CCN1c1ccc(-c2cc(-c3cnn(C)c3)cn3nc(N)c(C#N)c23)cn1. The average molecular weight is 505 g/mol. The lowest BCUT2D eigenvalue weighted by Crippen LogP contribution is -2.51. The predicted molar refractivity (Wildman–Crippen MR) is 146 cm³/mol. The van der Waals surface area contributed by atoms with E-state index in [9.17, 15) is 5.26 Å². The molecule has 1 unspecified atom stereocenters. The molecule has 10 nitrogen and oxygen atoms in total. The first-order valence-corrected chi connectivity index (χ1v) is 12.6. The highest BCUT2D eigenvalue weighted by Gasteiger charge is 2.25. The van der Waals surface area contributed by atoms with Crippen LogP contribution in [0.25, 0.3) is 27.8 Å². The molecule has 190 valence electrons. The molecule has 2 N–H and O–H groups in total. The van der Waals surface area contributed by atoms with Crippen molar-refractivity contribution in [2.45, 2.75) is 19.5 Å². The van der Waals surface area contributed by atoms with E-state index in [1.807, 2.05) is 50.0 Å². The van der Waals surface area contributed by atoms with E-state index in [1.54, 1.807) is 15.4 Å². The Hall–Kier alpha value is -4.75. The van der Waals surface area contributed by atoms with Gasteiger partial charge in [-0.25, -0.2) is 9.50 Å². The molecular formula is C28H28N10. The van der Waals surface area contributed by atoms with Crippen molar-refractivity contribution in [1.29, 1.82) is 5.26 Å². The van der Waals surface area contributed by atoms with Crippen LogP contribution < -0.4 is 10.6 Å². The van der Waals surface area contributed by atoms with Crippen LogP contribution in [0.5, 0.6) is 0 Å².